The fraction of sp³-hybridized carbons (Fsp3) is 0.615. The average molecular weight is 299 g/mol. The highest BCUT2D eigenvalue weighted by Gasteiger charge is 2.21. The number of hydrogen-bond donors (Lipinski definition) is 1. The first kappa shape index (κ1) is 12.8. The summed E-state index contributed by atoms with van der Waals surface area (Å²) in [6.45, 7) is 4.01. The summed E-state index contributed by atoms with van der Waals surface area (Å²) in [4.78, 5) is 4.37. The monoisotopic (exact) mass is 298 g/mol. The molecular formula is C13H19BrN2O. The van der Waals surface area contributed by atoms with Gasteiger partial charge in [0.15, 0.2) is 0 Å². The van der Waals surface area contributed by atoms with Crippen molar-refractivity contribution in [2.24, 2.45) is 0 Å². The molecule has 17 heavy (non-hydrogen) atoms. The molecule has 0 amide bonds. The lowest BCUT2D eigenvalue weighted by molar-refractivity contribution is 0.113. The van der Waals surface area contributed by atoms with Crippen LogP contribution in [0.4, 0.5) is 0 Å². The van der Waals surface area contributed by atoms with Gasteiger partial charge < -0.3 is 10.1 Å². The molecule has 0 spiro atoms. The van der Waals surface area contributed by atoms with Crippen LogP contribution in [0.5, 0.6) is 5.88 Å². The van der Waals surface area contributed by atoms with Crippen LogP contribution in [0.2, 0.25) is 0 Å². The Hall–Kier alpha value is -0.610. The van der Waals surface area contributed by atoms with Gasteiger partial charge >= 0.3 is 0 Å². The van der Waals surface area contributed by atoms with Crippen LogP contribution < -0.4 is 10.1 Å². The molecule has 2 rings (SSSR count). The first-order chi connectivity index (χ1) is 8.29. The summed E-state index contributed by atoms with van der Waals surface area (Å²) < 4.78 is 6.90. The van der Waals surface area contributed by atoms with Crippen molar-refractivity contribution in [3.63, 3.8) is 0 Å². The second kappa shape index (κ2) is 6.36. The zero-order chi connectivity index (χ0) is 12.1. The first-order valence-corrected chi connectivity index (χ1v) is 7.10. The predicted molar refractivity (Wildman–Crippen MR) is 72.2 cm³/mol. The van der Waals surface area contributed by atoms with Gasteiger partial charge in [0.2, 0.25) is 5.88 Å². The summed E-state index contributed by atoms with van der Waals surface area (Å²) in [6, 6.07) is 2.09. The van der Waals surface area contributed by atoms with Gasteiger partial charge in [-0.05, 0) is 54.2 Å². The van der Waals surface area contributed by atoms with Crippen molar-refractivity contribution < 1.29 is 4.74 Å². The topological polar surface area (TPSA) is 34.2 Å². The van der Waals surface area contributed by atoms with Gasteiger partial charge in [0.1, 0.15) is 6.10 Å². The third-order valence-corrected chi connectivity index (χ3v) is 3.40. The standard InChI is InChI=1S/C13H19BrN2O/c1-2-6-15-8-10-7-11(14)9-16-13(10)17-12-4-3-5-12/h7,9,12,15H,2-6,8H2,1H3. The van der Waals surface area contributed by atoms with Gasteiger partial charge in [-0.15, -0.1) is 0 Å². The second-order valence-electron chi connectivity index (χ2n) is 4.47. The second-order valence-corrected chi connectivity index (χ2v) is 5.38. The molecule has 0 atom stereocenters. The Morgan fingerprint density at radius 2 is 2.35 bits per heavy atom. The van der Waals surface area contributed by atoms with Crippen molar-refractivity contribution in [3.8, 4) is 5.88 Å². The van der Waals surface area contributed by atoms with Gasteiger partial charge in [-0.25, -0.2) is 4.98 Å². The average Bonchev–Trinajstić information content (AvgIpc) is 2.26. The molecule has 1 aliphatic carbocycles. The van der Waals surface area contributed by atoms with E-state index in [-0.39, 0.29) is 0 Å². The Morgan fingerprint density at radius 3 is 3.00 bits per heavy atom. The normalized spacial score (nSPS) is 15.6. The van der Waals surface area contributed by atoms with E-state index in [1.165, 1.54) is 19.3 Å². The minimum Gasteiger partial charge on any atom is -0.474 e. The molecule has 0 saturated heterocycles. The van der Waals surface area contributed by atoms with Crippen LogP contribution in [0, 0.1) is 0 Å². The molecule has 0 bridgehead atoms. The fourth-order valence-electron chi connectivity index (χ4n) is 1.75. The lowest BCUT2D eigenvalue weighted by atomic mass is 9.96. The van der Waals surface area contributed by atoms with Crippen LogP contribution in [0.15, 0.2) is 16.7 Å². The third kappa shape index (κ3) is 3.68. The van der Waals surface area contributed by atoms with Crippen molar-refractivity contribution in [1.29, 1.82) is 0 Å². The van der Waals surface area contributed by atoms with E-state index < -0.39 is 0 Å². The number of rotatable bonds is 6. The molecule has 0 unspecified atom stereocenters. The SMILES string of the molecule is CCCNCc1cc(Br)cnc1OC1CCC1. The van der Waals surface area contributed by atoms with E-state index in [1.54, 1.807) is 6.20 Å². The molecule has 1 saturated carbocycles. The molecule has 1 N–H and O–H groups in total. The van der Waals surface area contributed by atoms with Crippen LogP contribution in [0.25, 0.3) is 0 Å². The van der Waals surface area contributed by atoms with Gasteiger partial charge in [-0.1, -0.05) is 6.92 Å². The van der Waals surface area contributed by atoms with Crippen LogP contribution in [0.1, 0.15) is 38.2 Å². The maximum absolute atomic E-state index is 5.90. The van der Waals surface area contributed by atoms with Crippen LogP contribution in [-0.2, 0) is 6.54 Å². The molecule has 94 valence electrons. The van der Waals surface area contributed by atoms with Crippen molar-refractivity contribution in [2.75, 3.05) is 6.54 Å². The summed E-state index contributed by atoms with van der Waals surface area (Å²) >= 11 is 3.46. The van der Waals surface area contributed by atoms with Crippen molar-refractivity contribution in [3.05, 3.63) is 22.3 Å². The molecule has 0 radical (unpaired) electrons. The van der Waals surface area contributed by atoms with Gasteiger partial charge in [0.05, 0.1) is 0 Å². The fourth-order valence-corrected chi connectivity index (χ4v) is 2.13. The highest BCUT2D eigenvalue weighted by Crippen LogP contribution is 2.27. The Balaban J connectivity index is 2.00. The van der Waals surface area contributed by atoms with E-state index in [0.717, 1.165) is 35.4 Å². The van der Waals surface area contributed by atoms with E-state index >= 15 is 0 Å². The van der Waals surface area contributed by atoms with E-state index in [4.69, 9.17) is 4.74 Å². The lowest BCUT2D eigenvalue weighted by Crippen LogP contribution is -2.26. The van der Waals surface area contributed by atoms with Gasteiger partial charge in [0, 0.05) is 22.8 Å². The van der Waals surface area contributed by atoms with Gasteiger partial charge in [0.25, 0.3) is 0 Å². The van der Waals surface area contributed by atoms with Gasteiger partial charge in [-0.3, -0.25) is 0 Å². The van der Waals surface area contributed by atoms with Gasteiger partial charge in [-0.2, -0.15) is 0 Å². The smallest absolute Gasteiger partial charge is 0.218 e. The van der Waals surface area contributed by atoms with Crippen LogP contribution in [0.3, 0.4) is 0 Å². The molecule has 1 aliphatic rings. The van der Waals surface area contributed by atoms with E-state index in [2.05, 4.69) is 39.2 Å². The molecule has 1 fully saturated rings. The summed E-state index contributed by atoms with van der Waals surface area (Å²) in [5.74, 6) is 0.793. The quantitative estimate of drug-likeness (QED) is 0.819. The van der Waals surface area contributed by atoms with E-state index in [0.29, 0.717) is 6.10 Å². The number of hydrogen-bond acceptors (Lipinski definition) is 3. The summed E-state index contributed by atoms with van der Waals surface area (Å²) in [5.41, 5.74) is 1.14. The number of pyridine rings is 1. The molecule has 1 heterocycles. The molecular weight excluding hydrogens is 280 g/mol. The Bertz CT molecular complexity index is 366. The number of aromatic nitrogens is 1. The number of nitrogens with one attached hydrogen (secondary N) is 1. The minimum absolute atomic E-state index is 0.383. The molecule has 1 aromatic rings. The largest absolute Gasteiger partial charge is 0.474 e. The Kier molecular flexibility index (Phi) is 4.80. The third-order valence-electron chi connectivity index (χ3n) is 2.96. The number of nitrogens with zero attached hydrogens (tertiary/aromatic N) is 1. The lowest BCUT2D eigenvalue weighted by Gasteiger charge is -2.26. The Morgan fingerprint density at radius 1 is 1.53 bits per heavy atom. The van der Waals surface area contributed by atoms with Crippen LogP contribution >= 0.6 is 15.9 Å². The minimum atomic E-state index is 0.383. The zero-order valence-electron chi connectivity index (χ0n) is 10.2. The Labute approximate surface area is 111 Å². The van der Waals surface area contributed by atoms with E-state index in [9.17, 15) is 0 Å². The summed E-state index contributed by atoms with van der Waals surface area (Å²) in [5, 5.41) is 3.39. The van der Waals surface area contributed by atoms with Crippen LogP contribution in [-0.4, -0.2) is 17.6 Å². The van der Waals surface area contributed by atoms with E-state index in [1.807, 2.05) is 0 Å². The zero-order valence-corrected chi connectivity index (χ0v) is 11.8. The molecule has 0 aliphatic heterocycles. The van der Waals surface area contributed by atoms with Crippen molar-refractivity contribution in [1.82, 2.24) is 10.3 Å². The number of ether oxygens (including phenoxy) is 1. The number of halogens is 1. The first-order valence-electron chi connectivity index (χ1n) is 6.31. The molecule has 4 heteroatoms. The van der Waals surface area contributed by atoms with Crippen molar-refractivity contribution in [2.45, 2.75) is 45.3 Å². The molecule has 1 aromatic heterocycles. The maximum Gasteiger partial charge on any atom is 0.218 e. The highest BCUT2D eigenvalue weighted by atomic mass is 79.9. The highest BCUT2D eigenvalue weighted by molar-refractivity contribution is 9.10. The predicted octanol–water partition coefficient (Wildman–Crippen LogP) is 3.28. The summed E-state index contributed by atoms with van der Waals surface area (Å²) in [6.07, 6.45) is 6.94. The summed E-state index contributed by atoms with van der Waals surface area (Å²) in [7, 11) is 0. The maximum atomic E-state index is 5.90. The molecule has 0 aromatic carbocycles. The molecule has 3 nitrogen and oxygen atoms in total. The van der Waals surface area contributed by atoms with Crippen molar-refractivity contribution >= 4 is 15.9 Å².